The lowest BCUT2D eigenvalue weighted by Gasteiger charge is -2.35. The van der Waals surface area contributed by atoms with Crippen LogP contribution in [0.25, 0.3) is 0 Å². The second kappa shape index (κ2) is 9.85. The van der Waals surface area contributed by atoms with Crippen LogP contribution in [-0.4, -0.2) is 70.2 Å². The van der Waals surface area contributed by atoms with Crippen molar-refractivity contribution in [3.05, 3.63) is 22.1 Å². The van der Waals surface area contributed by atoms with Gasteiger partial charge in [-0.1, -0.05) is 0 Å². The summed E-state index contributed by atoms with van der Waals surface area (Å²) in [5, 5.41) is 16.0. The van der Waals surface area contributed by atoms with E-state index >= 15 is 0 Å². The van der Waals surface area contributed by atoms with Gasteiger partial charge in [0.05, 0.1) is 0 Å². The van der Waals surface area contributed by atoms with E-state index in [0.29, 0.717) is 18.9 Å². The van der Waals surface area contributed by atoms with Crippen LogP contribution in [0.1, 0.15) is 12.2 Å². The maximum absolute atomic E-state index is 13.2. The van der Waals surface area contributed by atoms with Crippen molar-refractivity contribution in [1.82, 2.24) is 25.1 Å². The lowest BCUT2D eigenvalue weighted by Crippen LogP contribution is -2.57. The third-order valence-corrected chi connectivity index (χ3v) is 4.19. The van der Waals surface area contributed by atoms with Crippen molar-refractivity contribution in [2.45, 2.75) is 32.1 Å². The lowest BCUT2D eigenvalue weighted by atomic mass is 10.2. The second-order valence-corrected chi connectivity index (χ2v) is 5.99. The summed E-state index contributed by atoms with van der Waals surface area (Å²) in [5.74, 6) is -0.526. The minimum absolute atomic E-state index is 0. The van der Waals surface area contributed by atoms with Gasteiger partial charge in [-0.3, -0.25) is 9.69 Å². The molecule has 0 saturated carbocycles. The Morgan fingerprint density at radius 1 is 1.44 bits per heavy atom. The van der Waals surface area contributed by atoms with E-state index in [2.05, 4.69) is 15.6 Å². The van der Waals surface area contributed by atoms with Crippen LogP contribution in [0, 0.1) is 17.0 Å². The van der Waals surface area contributed by atoms with Crippen LogP contribution in [0.4, 0.5) is 19.0 Å². The average molecular weight is 415 g/mol. The molecular weight excluding hydrogens is 393 g/mol. The molecule has 2 rings (SSSR count). The fourth-order valence-electron chi connectivity index (χ4n) is 2.77. The monoisotopic (exact) mass is 414 g/mol. The summed E-state index contributed by atoms with van der Waals surface area (Å²) in [6.07, 6.45) is -3.34. The molecule has 1 amide bonds. The van der Waals surface area contributed by atoms with E-state index in [4.69, 9.17) is 0 Å². The molecule has 0 aromatic carbocycles. The van der Waals surface area contributed by atoms with Gasteiger partial charge in [-0.25, -0.2) is 0 Å². The number of piperazine rings is 1. The number of halogens is 4. The first-order valence-corrected chi connectivity index (χ1v) is 8.15. The predicted molar refractivity (Wildman–Crippen MR) is 92.8 cm³/mol. The van der Waals surface area contributed by atoms with E-state index in [1.807, 2.05) is 0 Å². The summed E-state index contributed by atoms with van der Waals surface area (Å²) in [5.41, 5.74) is 0. The summed E-state index contributed by atoms with van der Waals surface area (Å²) < 4.78 is 41.2. The van der Waals surface area contributed by atoms with Crippen molar-refractivity contribution in [2.75, 3.05) is 32.7 Å². The molecule has 13 heteroatoms. The molecule has 154 valence electrons. The Kier molecular flexibility index (Phi) is 8.44. The van der Waals surface area contributed by atoms with E-state index in [-0.39, 0.29) is 44.3 Å². The first kappa shape index (κ1) is 23.1. The third-order valence-electron chi connectivity index (χ3n) is 4.19. The molecular formula is C14H22ClF3N6O3. The van der Waals surface area contributed by atoms with Crippen LogP contribution in [-0.2, 0) is 11.3 Å². The zero-order valence-electron chi connectivity index (χ0n) is 14.7. The van der Waals surface area contributed by atoms with Gasteiger partial charge in [-0.2, -0.15) is 13.2 Å². The molecule has 0 bridgehead atoms. The smallest absolute Gasteiger partial charge is 0.358 e. The van der Waals surface area contributed by atoms with Gasteiger partial charge in [0.25, 0.3) is 0 Å². The van der Waals surface area contributed by atoms with Gasteiger partial charge >= 0.3 is 12.0 Å². The van der Waals surface area contributed by atoms with Gasteiger partial charge in [0.2, 0.25) is 11.7 Å². The Bertz CT molecular complexity index is 649. The Morgan fingerprint density at radius 3 is 2.59 bits per heavy atom. The number of imidazole rings is 1. The van der Waals surface area contributed by atoms with E-state index in [1.165, 1.54) is 15.7 Å². The molecule has 2 N–H and O–H groups in total. The molecule has 2 heterocycles. The number of carbonyl (C=O) groups excluding carboxylic acids is 1. The number of amides is 1. The van der Waals surface area contributed by atoms with Gasteiger partial charge in [0, 0.05) is 52.6 Å². The SMILES string of the molecule is Cc1nc([N+](=O)[O-])cn1CCC(=O)NCC(N1CCNCC1)C(F)(F)F.Cl. The fourth-order valence-corrected chi connectivity index (χ4v) is 2.77. The molecule has 0 radical (unpaired) electrons. The highest BCUT2D eigenvalue weighted by molar-refractivity contribution is 5.85. The molecule has 1 fully saturated rings. The minimum atomic E-state index is -4.44. The normalized spacial score (nSPS) is 16.4. The Labute approximate surface area is 159 Å². The molecule has 1 atom stereocenters. The molecule has 27 heavy (non-hydrogen) atoms. The first-order chi connectivity index (χ1) is 12.2. The predicted octanol–water partition coefficient (Wildman–Crippen LogP) is 0.864. The molecule has 1 saturated heterocycles. The van der Waals surface area contributed by atoms with E-state index in [9.17, 15) is 28.1 Å². The van der Waals surface area contributed by atoms with Crippen molar-refractivity contribution in [3.63, 3.8) is 0 Å². The first-order valence-electron chi connectivity index (χ1n) is 8.15. The number of carbonyl (C=O) groups is 1. The number of hydrogen-bond donors (Lipinski definition) is 2. The zero-order chi connectivity index (χ0) is 19.3. The number of aryl methyl sites for hydroxylation is 2. The number of rotatable bonds is 7. The van der Waals surface area contributed by atoms with Crippen LogP contribution in [0.3, 0.4) is 0 Å². The number of aromatic nitrogens is 2. The maximum atomic E-state index is 13.2. The Balaban J connectivity index is 0.00000364. The van der Waals surface area contributed by atoms with Gasteiger partial charge in [-0.05, 0) is 9.91 Å². The van der Waals surface area contributed by atoms with Gasteiger partial charge in [0.15, 0.2) is 0 Å². The zero-order valence-corrected chi connectivity index (χ0v) is 15.5. The van der Waals surface area contributed by atoms with Crippen LogP contribution in [0.5, 0.6) is 0 Å². The van der Waals surface area contributed by atoms with Gasteiger partial charge in [-0.15, -0.1) is 12.4 Å². The van der Waals surface area contributed by atoms with Crippen molar-refractivity contribution in [3.8, 4) is 0 Å². The molecule has 0 spiro atoms. The quantitative estimate of drug-likeness (QED) is 0.506. The van der Waals surface area contributed by atoms with Crippen molar-refractivity contribution in [1.29, 1.82) is 0 Å². The number of nitro groups is 1. The van der Waals surface area contributed by atoms with Crippen LogP contribution in [0.15, 0.2) is 6.20 Å². The van der Waals surface area contributed by atoms with Crippen LogP contribution in [0.2, 0.25) is 0 Å². The highest BCUT2D eigenvalue weighted by Crippen LogP contribution is 2.24. The summed E-state index contributed by atoms with van der Waals surface area (Å²) in [6.45, 7) is 2.59. The molecule has 1 aliphatic rings. The van der Waals surface area contributed by atoms with E-state index in [0.717, 1.165) is 0 Å². The highest BCUT2D eigenvalue weighted by Gasteiger charge is 2.43. The van der Waals surface area contributed by atoms with Crippen molar-refractivity contribution < 1.29 is 22.9 Å². The molecule has 9 nitrogen and oxygen atoms in total. The maximum Gasteiger partial charge on any atom is 0.405 e. The summed E-state index contributed by atoms with van der Waals surface area (Å²) >= 11 is 0. The lowest BCUT2D eigenvalue weighted by molar-refractivity contribution is -0.389. The standard InChI is InChI=1S/C14H21F3N6O3.ClH/c1-10-20-12(23(25)26)9-22(10)5-2-13(24)19-8-11(14(15,16)17)21-6-3-18-4-7-21;/h9,11,18H,2-8H2,1H3,(H,19,24);1H. The van der Waals surface area contributed by atoms with E-state index < -0.39 is 29.6 Å². The van der Waals surface area contributed by atoms with Gasteiger partial charge in [0.1, 0.15) is 12.2 Å². The number of nitrogens with zero attached hydrogens (tertiary/aromatic N) is 4. The van der Waals surface area contributed by atoms with E-state index in [1.54, 1.807) is 6.92 Å². The fraction of sp³-hybridized carbons (Fsp3) is 0.714. The summed E-state index contributed by atoms with van der Waals surface area (Å²) in [6, 6.07) is -1.73. The van der Waals surface area contributed by atoms with Gasteiger partial charge < -0.3 is 25.3 Å². The number of hydrogen-bond acceptors (Lipinski definition) is 6. The highest BCUT2D eigenvalue weighted by atomic mass is 35.5. The minimum Gasteiger partial charge on any atom is -0.358 e. The summed E-state index contributed by atoms with van der Waals surface area (Å²) in [7, 11) is 0. The summed E-state index contributed by atoms with van der Waals surface area (Å²) in [4.78, 5) is 27.0. The number of nitrogens with one attached hydrogen (secondary N) is 2. The Morgan fingerprint density at radius 2 is 2.07 bits per heavy atom. The average Bonchev–Trinajstić information content (AvgIpc) is 2.94. The number of alkyl halides is 3. The topological polar surface area (TPSA) is 105 Å². The van der Waals surface area contributed by atoms with Crippen LogP contribution < -0.4 is 10.6 Å². The van der Waals surface area contributed by atoms with Crippen molar-refractivity contribution >= 4 is 24.1 Å². The Hall–Kier alpha value is -1.92. The molecule has 0 aliphatic carbocycles. The van der Waals surface area contributed by atoms with Crippen molar-refractivity contribution in [2.24, 2.45) is 0 Å². The largest absolute Gasteiger partial charge is 0.405 e. The molecule has 1 aromatic heterocycles. The molecule has 1 aliphatic heterocycles. The molecule has 1 aromatic rings. The third kappa shape index (κ3) is 6.63. The second-order valence-electron chi connectivity index (χ2n) is 5.99. The molecule has 1 unspecified atom stereocenters. The van der Waals surface area contributed by atoms with Crippen LogP contribution >= 0.6 is 12.4 Å².